The van der Waals surface area contributed by atoms with Crippen molar-refractivity contribution in [1.29, 1.82) is 0 Å². The van der Waals surface area contributed by atoms with Gasteiger partial charge in [0, 0.05) is 33.3 Å². The number of esters is 4. The van der Waals surface area contributed by atoms with Crippen LogP contribution in [0.4, 0.5) is 0 Å². The van der Waals surface area contributed by atoms with E-state index >= 15 is 0 Å². The van der Waals surface area contributed by atoms with Gasteiger partial charge < -0.3 is 53.6 Å². The quantitative estimate of drug-likeness (QED) is 0.125. The molecule has 2 heterocycles. The SMILES string of the molecule is CC(=O)C[C@H]1O[C@H](O[C@]2(CO)O[C@H](COC(=O)/C=C/c3ccc(O)cc3)[C@H](OC(C)=O)[C@H]2O)[C@H](O)[C@@H](OC(C)=O)[C@@H]1OC(C)=O. The van der Waals surface area contributed by atoms with Crippen molar-refractivity contribution in [3.8, 4) is 5.75 Å². The number of ketones is 1. The number of carbonyl (C=O) groups is 5. The molecule has 0 aromatic heterocycles. The Morgan fingerprint density at radius 3 is 2.00 bits per heavy atom. The molecule has 0 aliphatic carbocycles. The molecule has 0 amide bonds. The van der Waals surface area contributed by atoms with Crippen LogP contribution in [0, 0.1) is 0 Å². The second-order valence-electron chi connectivity index (χ2n) is 10.4. The number of phenolic OH excluding ortho intramolecular Hbond substituents is 1. The van der Waals surface area contributed by atoms with Gasteiger partial charge in [-0.3, -0.25) is 19.2 Å². The van der Waals surface area contributed by atoms with E-state index in [0.717, 1.165) is 26.8 Å². The summed E-state index contributed by atoms with van der Waals surface area (Å²) in [6, 6.07) is 5.92. The Hall–Kier alpha value is -3.93. The van der Waals surface area contributed by atoms with Crippen LogP contribution in [-0.4, -0.2) is 118 Å². The molecule has 1 aromatic carbocycles. The third-order valence-electron chi connectivity index (χ3n) is 6.72. The van der Waals surface area contributed by atoms with Gasteiger partial charge in [0.05, 0.1) is 0 Å². The minimum Gasteiger partial charge on any atom is -0.508 e. The highest BCUT2D eigenvalue weighted by Crippen LogP contribution is 2.39. The Morgan fingerprint density at radius 2 is 1.44 bits per heavy atom. The fourth-order valence-electron chi connectivity index (χ4n) is 4.83. The van der Waals surface area contributed by atoms with E-state index in [9.17, 15) is 44.4 Å². The molecule has 1 aromatic rings. The first-order valence-corrected chi connectivity index (χ1v) is 13.8. The second-order valence-corrected chi connectivity index (χ2v) is 10.4. The van der Waals surface area contributed by atoms with Crippen molar-refractivity contribution in [3.05, 3.63) is 35.9 Å². The maximum absolute atomic E-state index is 12.4. The van der Waals surface area contributed by atoms with E-state index in [1.165, 1.54) is 25.1 Å². The lowest BCUT2D eigenvalue weighted by atomic mass is 9.94. The summed E-state index contributed by atoms with van der Waals surface area (Å²) in [7, 11) is 0. The van der Waals surface area contributed by atoms with Crippen LogP contribution in [0.15, 0.2) is 30.3 Å². The number of ether oxygens (including phenoxy) is 7. The van der Waals surface area contributed by atoms with Crippen LogP contribution in [-0.2, 0) is 57.1 Å². The number of hydrogen-bond acceptors (Lipinski definition) is 16. The van der Waals surface area contributed by atoms with Gasteiger partial charge in [0.1, 0.15) is 49.2 Å². The summed E-state index contributed by atoms with van der Waals surface area (Å²) in [6.07, 6.45) is -11.0. The molecule has 0 unspecified atom stereocenters. The molecule has 3 rings (SSSR count). The molecule has 2 aliphatic heterocycles. The van der Waals surface area contributed by atoms with Gasteiger partial charge in [0.25, 0.3) is 0 Å². The molecule has 0 bridgehead atoms. The maximum atomic E-state index is 12.4. The first kappa shape index (κ1) is 35.5. The molecule has 4 N–H and O–H groups in total. The van der Waals surface area contributed by atoms with Gasteiger partial charge in [0.15, 0.2) is 24.6 Å². The second kappa shape index (κ2) is 15.4. The maximum Gasteiger partial charge on any atom is 0.330 e. The van der Waals surface area contributed by atoms with Gasteiger partial charge in [-0.25, -0.2) is 4.79 Å². The number of aliphatic hydroxyl groups excluding tert-OH is 3. The summed E-state index contributed by atoms with van der Waals surface area (Å²) in [6.45, 7) is 2.60. The number of rotatable bonds is 12. The fourth-order valence-corrected chi connectivity index (χ4v) is 4.83. The topological polar surface area (TPSA) is 231 Å². The van der Waals surface area contributed by atoms with Gasteiger partial charge in [0.2, 0.25) is 5.79 Å². The lowest BCUT2D eigenvalue weighted by Crippen LogP contribution is -2.64. The number of carbonyl (C=O) groups excluding carboxylic acids is 5. The average molecular weight is 641 g/mol. The standard InChI is InChI=1S/C29H36O16/c1-14(31)11-20-24(40-15(2)32)26(42-17(4)34)23(37)28(43-20)45-29(13-30)27(38)25(41-16(3)33)21(44-29)12-39-22(36)10-7-18-5-8-19(35)9-6-18/h5-10,20-21,23-28,30,35,37-38H,11-13H2,1-4H3/b10-7+/t20-,21-,23-,24-,25+,26-,27-,28-,29+/m1/s1. The van der Waals surface area contributed by atoms with Gasteiger partial charge in [-0.1, -0.05) is 12.1 Å². The molecule has 16 nitrogen and oxygen atoms in total. The van der Waals surface area contributed by atoms with Crippen molar-refractivity contribution in [2.45, 2.75) is 88.9 Å². The predicted octanol–water partition coefficient (Wildman–Crippen LogP) is -0.726. The molecular weight excluding hydrogens is 604 g/mol. The van der Waals surface area contributed by atoms with Crippen molar-refractivity contribution in [1.82, 2.24) is 0 Å². The molecule has 2 fully saturated rings. The summed E-state index contributed by atoms with van der Waals surface area (Å²) in [5, 5.41) is 42.0. The van der Waals surface area contributed by atoms with Crippen molar-refractivity contribution in [2.24, 2.45) is 0 Å². The molecule has 0 spiro atoms. The lowest BCUT2D eigenvalue weighted by Gasteiger charge is -2.45. The normalized spacial score (nSPS) is 31.3. The van der Waals surface area contributed by atoms with E-state index in [4.69, 9.17) is 33.2 Å². The third kappa shape index (κ3) is 9.29. The Labute approximate surface area is 257 Å². The van der Waals surface area contributed by atoms with Crippen LogP contribution >= 0.6 is 0 Å². The van der Waals surface area contributed by atoms with Crippen LogP contribution in [0.3, 0.4) is 0 Å². The summed E-state index contributed by atoms with van der Waals surface area (Å²) < 4.78 is 38.0. The molecule has 45 heavy (non-hydrogen) atoms. The number of aliphatic hydroxyl groups is 3. The Morgan fingerprint density at radius 1 is 0.867 bits per heavy atom. The van der Waals surface area contributed by atoms with Gasteiger partial charge in [-0.05, 0) is 30.7 Å². The van der Waals surface area contributed by atoms with Crippen LogP contribution in [0.25, 0.3) is 6.08 Å². The zero-order chi connectivity index (χ0) is 33.5. The molecular formula is C29H36O16. The number of phenols is 1. The molecule has 2 aliphatic rings. The molecule has 9 atom stereocenters. The van der Waals surface area contributed by atoms with Gasteiger partial charge >= 0.3 is 23.9 Å². The highest BCUT2D eigenvalue weighted by atomic mass is 16.8. The largest absolute Gasteiger partial charge is 0.508 e. The zero-order valence-electron chi connectivity index (χ0n) is 24.9. The Kier molecular flexibility index (Phi) is 12.1. The minimum absolute atomic E-state index is 0.0318. The first-order valence-electron chi connectivity index (χ1n) is 13.8. The smallest absolute Gasteiger partial charge is 0.330 e. The van der Waals surface area contributed by atoms with E-state index in [1.54, 1.807) is 12.1 Å². The predicted molar refractivity (Wildman–Crippen MR) is 147 cm³/mol. The van der Waals surface area contributed by atoms with Gasteiger partial charge in [-0.15, -0.1) is 0 Å². The summed E-state index contributed by atoms with van der Waals surface area (Å²) in [4.78, 5) is 59.9. The lowest BCUT2D eigenvalue weighted by molar-refractivity contribution is -0.382. The number of hydrogen-bond donors (Lipinski definition) is 4. The van der Waals surface area contributed by atoms with Crippen molar-refractivity contribution >= 4 is 35.7 Å². The molecule has 0 saturated carbocycles. The molecule has 2 saturated heterocycles. The minimum atomic E-state index is -2.47. The highest BCUT2D eigenvalue weighted by Gasteiger charge is 2.61. The summed E-state index contributed by atoms with van der Waals surface area (Å²) in [5.41, 5.74) is 0.569. The first-order chi connectivity index (χ1) is 21.1. The molecule has 248 valence electrons. The fraction of sp³-hybridized carbons (Fsp3) is 0.552. The monoisotopic (exact) mass is 640 g/mol. The molecule has 0 radical (unpaired) electrons. The van der Waals surface area contributed by atoms with Crippen molar-refractivity contribution in [3.63, 3.8) is 0 Å². The number of Topliss-reactive ketones (excluding diaryl/α,β-unsaturated/α-hetero) is 1. The van der Waals surface area contributed by atoms with E-state index in [1.807, 2.05) is 0 Å². The van der Waals surface area contributed by atoms with Crippen LogP contribution < -0.4 is 0 Å². The summed E-state index contributed by atoms with van der Waals surface area (Å²) >= 11 is 0. The van der Waals surface area contributed by atoms with E-state index in [2.05, 4.69) is 0 Å². The summed E-state index contributed by atoms with van der Waals surface area (Å²) in [5.74, 6) is -6.31. The zero-order valence-corrected chi connectivity index (χ0v) is 24.9. The van der Waals surface area contributed by atoms with E-state index < -0.39 is 97.7 Å². The average Bonchev–Trinajstić information content (AvgIpc) is 3.21. The van der Waals surface area contributed by atoms with Crippen molar-refractivity contribution < 1.29 is 77.6 Å². The van der Waals surface area contributed by atoms with Crippen LogP contribution in [0.1, 0.15) is 39.7 Å². The van der Waals surface area contributed by atoms with Gasteiger partial charge in [-0.2, -0.15) is 0 Å². The number of aromatic hydroxyl groups is 1. The number of benzene rings is 1. The van der Waals surface area contributed by atoms with E-state index in [-0.39, 0.29) is 12.2 Å². The molecule has 16 heteroatoms. The van der Waals surface area contributed by atoms with E-state index in [0.29, 0.717) is 5.56 Å². The third-order valence-corrected chi connectivity index (χ3v) is 6.72. The van der Waals surface area contributed by atoms with Crippen LogP contribution in [0.2, 0.25) is 0 Å². The van der Waals surface area contributed by atoms with Crippen molar-refractivity contribution in [2.75, 3.05) is 13.2 Å². The van der Waals surface area contributed by atoms with Crippen LogP contribution in [0.5, 0.6) is 5.75 Å². The Balaban J connectivity index is 1.84. The Bertz CT molecular complexity index is 1260. The highest BCUT2D eigenvalue weighted by molar-refractivity contribution is 5.87.